The van der Waals surface area contributed by atoms with Gasteiger partial charge in [0.15, 0.2) is 5.96 Å². The minimum atomic E-state index is 0. The SMILES string of the molecule is CCNC(=NCc1ccc(Cl)cc1OCC)NC1CCN(C(C)C)CC1.I. The summed E-state index contributed by atoms with van der Waals surface area (Å²) in [5.41, 5.74) is 1.04. The number of guanidine groups is 1. The Morgan fingerprint density at radius 3 is 2.59 bits per heavy atom. The molecule has 1 saturated heterocycles. The molecule has 154 valence electrons. The van der Waals surface area contributed by atoms with Crippen LogP contribution < -0.4 is 15.4 Å². The number of piperidine rings is 1. The second-order valence-electron chi connectivity index (χ2n) is 6.93. The van der Waals surface area contributed by atoms with Crippen LogP contribution in [0.2, 0.25) is 5.02 Å². The number of hydrogen-bond donors (Lipinski definition) is 2. The first-order chi connectivity index (χ1) is 12.5. The number of ether oxygens (including phenoxy) is 1. The predicted octanol–water partition coefficient (Wildman–Crippen LogP) is 4.28. The first-order valence-electron chi connectivity index (χ1n) is 9.73. The highest BCUT2D eigenvalue weighted by Gasteiger charge is 2.21. The van der Waals surface area contributed by atoms with Gasteiger partial charge in [0, 0.05) is 42.3 Å². The lowest BCUT2D eigenvalue weighted by Gasteiger charge is -2.35. The molecule has 0 radical (unpaired) electrons. The minimum Gasteiger partial charge on any atom is -0.493 e. The molecule has 1 aromatic rings. The van der Waals surface area contributed by atoms with Crippen LogP contribution in [0, 0.1) is 0 Å². The van der Waals surface area contributed by atoms with E-state index in [1.807, 2.05) is 25.1 Å². The lowest BCUT2D eigenvalue weighted by Crippen LogP contribution is -2.49. The first kappa shape index (κ1) is 24.3. The molecule has 2 N–H and O–H groups in total. The first-order valence-corrected chi connectivity index (χ1v) is 10.1. The van der Waals surface area contributed by atoms with E-state index in [0.717, 1.165) is 49.7 Å². The van der Waals surface area contributed by atoms with Crippen molar-refractivity contribution < 1.29 is 4.74 Å². The van der Waals surface area contributed by atoms with Crippen molar-refractivity contribution in [1.29, 1.82) is 0 Å². The Morgan fingerprint density at radius 2 is 2.00 bits per heavy atom. The van der Waals surface area contributed by atoms with E-state index in [1.54, 1.807) is 0 Å². The maximum atomic E-state index is 6.08. The summed E-state index contributed by atoms with van der Waals surface area (Å²) in [6.45, 7) is 12.9. The van der Waals surface area contributed by atoms with E-state index in [1.165, 1.54) is 0 Å². The molecule has 0 unspecified atom stereocenters. The van der Waals surface area contributed by atoms with Crippen LogP contribution in [0.3, 0.4) is 0 Å². The van der Waals surface area contributed by atoms with Gasteiger partial charge in [0.25, 0.3) is 0 Å². The van der Waals surface area contributed by atoms with E-state index in [2.05, 4.69) is 36.3 Å². The monoisotopic (exact) mass is 508 g/mol. The number of halogens is 2. The van der Waals surface area contributed by atoms with Crippen LogP contribution in [-0.2, 0) is 6.54 Å². The summed E-state index contributed by atoms with van der Waals surface area (Å²) in [4.78, 5) is 7.29. The molecular weight excluding hydrogens is 475 g/mol. The summed E-state index contributed by atoms with van der Waals surface area (Å²) >= 11 is 6.08. The number of hydrogen-bond acceptors (Lipinski definition) is 3. The van der Waals surface area contributed by atoms with Gasteiger partial charge in [0.1, 0.15) is 5.75 Å². The van der Waals surface area contributed by atoms with Gasteiger partial charge in [-0.1, -0.05) is 17.7 Å². The summed E-state index contributed by atoms with van der Waals surface area (Å²) in [6.07, 6.45) is 2.29. The number of nitrogens with one attached hydrogen (secondary N) is 2. The molecular formula is C20H34ClIN4O. The second kappa shape index (κ2) is 12.7. The van der Waals surface area contributed by atoms with Gasteiger partial charge in [0.2, 0.25) is 0 Å². The molecule has 5 nitrogen and oxygen atoms in total. The fraction of sp³-hybridized carbons (Fsp3) is 0.650. The Labute approximate surface area is 186 Å². The Balaban J connectivity index is 0.00000364. The van der Waals surface area contributed by atoms with Gasteiger partial charge in [0.05, 0.1) is 13.2 Å². The van der Waals surface area contributed by atoms with Crippen molar-refractivity contribution in [3.8, 4) is 5.75 Å². The lowest BCUT2D eigenvalue weighted by atomic mass is 10.0. The Kier molecular flexibility index (Phi) is 11.4. The summed E-state index contributed by atoms with van der Waals surface area (Å²) in [5.74, 6) is 1.68. The van der Waals surface area contributed by atoms with E-state index in [9.17, 15) is 0 Å². The van der Waals surface area contributed by atoms with Gasteiger partial charge >= 0.3 is 0 Å². The molecule has 0 spiro atoms. The van der Waals surface area contributed by atoms with Gasteiger partial charge < -0.3 is 20.3 Å². The van der Waals surface area contributed by atoms with E-state index in [0.29, 0.717) is 30.3 Å². The highest BCUT2D eigenvalue weighted by atomic mass is 127. The zero-order valence-electron chi connectivity index (χ0n) is 16.9. The Hall–Kier alpha value is -0.730. The number of nitrogens with zero attached hydrogens (tertiary/aromatic N) is 2. The molecule has 1 heterocycles. The third-order valence-electron chi connectivity index (χ3n) is 4.68. The average Bonchev–Trinajstić information content (AvgIpc) is 2.62. The largest absolute Gasteiger partial charge is 0.493 e. The van der Waals surface area contributed by atoms with Crippen molar-refractivity contribution >= 4 is 41.5 Å². The van der Waals surface area contributed by atoms with Crippen molar-refractivity contribution in [3.05, 3.63) is 28.8 Å². The van der Waals surface area contributed by atoms with Crippen molar-refractivity contribution in [2.45, 2.75) is 59.2 Å². The van der Waals surface area contributed by atoms with Crippen molar-refractivity contribution in [3.63, 3.8) is 0 Å². The van der Waals surface area contributed by atoms with Gasteiger partial charge in [-0.25, -0.2) is 4.99 Å². The van der Waals surface area contributed by atoms with Crippen molar-refractivity contribution in [2.75, 3.05) is 26.2 Å². The molecule has 0 saturated carbocycles. The van der Waals surface area contributed by atoms with Crippen LogP contribution in [0.1, 0.15) is 46.1 Å². The Morgan fingerprint density at radius 1 is 1.30 bits per heavy atom. The summed E-state index contributed by atoms with van der Waals surface area (Å²) < 4.78 is 5.69. The molecule has 0 aromatic heterocycles. The molecule has 7 heteroatoms. The molecule has 0 aliphatic carbocycles. The molecule has 0 atom stereocenters. The summed E-state index contributed by atoms with van der Waals surface area (Å²) in [6, 6.07) is 6.83. The molecule has 1 fully saturated rings. The predicted molar refractivity (Wildman–Crippen MR) is 126 cm³/mol. The van der Waals surface area contributed by atoms with Crippen LogP contribution in [0.15, 0.2) is 23.2 Å². The van der Waals surface area contributed by atoms with Crippen molar-refractivity contribution in [1.82, 2.24) is 15.5 Å². The number of likely N-dealkylation sites (tertiary alicyclic amines) is 1. The lowest BCUT2D eigenvalue weighted by molar-refractivity contribution is 0.167. The van der Waals surface area contributed by atoms with Crippen molar-refractivity contribution in [2.24, 2.45) is 4.99 Å². The number of aliphatic imine (C=N–C) groups is 1. The number of benzene rings is 1. The van der Waals surface area contributed by atoms with Crippen LogP contribution in [-0.4, -0.2) is 49.2 Å². The maximum absolute atomic E-state index is 6.08. The van der Waals surface area contributed by atoms with E-state index >= 15 is 0 Å². The topological polar surface area (TPSA) is 48.9 Å². The smallest absolute Gasteiger partial charge is 0.191 e. The molecule has 1 aliphatic rings. The van der Waals surface area contributed by atoms with Crippen LogP contribution in [0.5, 0.6) is 5.75 Å². The average molecular weight is 509 g/mol. The fourth-order valence-electron chi connectivity index (χ4n) is 3.19. The third-order valence-corrected chi connectivity index (χ3v) is 4.92. The van der Waals surface area contributed by atoms with Gasteiger partial charge in [-0.15, -0.1) is 24.0 Å². The molecule has 1 aliphatic heterocycles. The zero-order chi connectivity index (χ0) is 18.9. The molecule has 2 rings (SSSR count). The number of rotatable bonds is 7. The van der Waals surface area contributed by atoms with E-state index < -0.39 is 0 Å². The van der Waals surface area contributed by atoms with E-state index in [4.69, 9.17) is 21.3 Å². The normalized spacial score (nSPS) is 16.1. The van der Waals surface area contributed by atoms with Crippen LogP contribution >= 0.6 is 35.6 Å². The summed E-state index contributed by atoms with van der Waals surface area (Å²) in [7, 11) is 0. The highest BCUT2D eigenvalue weighted by molar-refractivity contribution is 14.0. The minimum absolute atomic E-state index is 0. The van der Waals surface area contributed by atoms with Gasteiger partial charge in [-0.05, 0) is 52.7 Å². The standard InChI is InChI=1S/C20H33ClN4O.HI/c1-5-22-20(24-18-9-11-25(12-10-18)15(3)4)23-14-16-7-8-17(21)13-19(16)26-6-2;/h7-8,13,15,18H,5-6,9-12,14H2,1-4H3,(H2,22,23,24);1H. The second-order valence-corrected chi connectivity index (χ2v) is 7.36. The zero-order valence-corrected chi connectivity index (χ0v) is 20.0. The quantitative estimate of drug-likeness (QED) is 0.328. The van der Waals surface area contributed by atoms with Gasteiger partial charge in [-0.2, -0.15) is 0 Å². The maximum Gasteiger partial charge on any atom is 0.191 e. The fourth-order valence-corrected chi connectivity index (χ4v) is 3.35. The molecule has 1 aromatic carbocycles. The van der Waals surface area contributed by atoms with E-state index in [-0.39, 0.29) is 24.0 Å². The molecule has 0 amide bonds. The summed E-state index contributed by atoms with van der Waals surface area (Å²) in [5, 5.41) is 7.63. The highest BCUT2D eigenvalue weighted by Crippen LogP contribution is 2.24. The Bertz CT molecular complexity index is 589. The van der Waals surface area contributed by atoms with Gasteiger partial charge in [-0.3, -0.25) is 0 Å². The van der Waals surface area contributed by atoms with Crippen LogP contribution in [0.4, 0.5) is 0 Å². The third kappa shape index (κ3) is 8.03. The molecule has 0 bridgehead atoms. The van der Waals surface area contributed by atoms with Crippen LogP contribution in [0.25, 0.3) is 0 Å². The molecule has 27 heavy (non-hydrogen) atoms.